The molecule has 0 spiro atoms. The first kappa shape index (κ1) is 20.8. The van der Waals surface area contributed by atoms with Crippen molar-refractivity contribution < 1.29 is 18.7 Å². The minimum Gasteiger partial charge on any atom is -0.495 e. The standard InChI is InChI=1S/C24H21ClN2O4/c1-14-6-8-18(15(2)11-14)21-22(26-19-12-16(25)7-9-20(19)30-3)24(29)27(23(21)28)13-17-5-4-10-31-17/h4-12,26H,13H2,1-3H3. The van der Waals surface area contributed by atoms with Gasteiger partial charge >= 0.3 is 0 Å². The monoisotopic (exact) mass is 436 g/mol. The summed E-state index contributed by atoms with van der Waals surface area (Å²) in [6.45, 7) is 3.93. The van der Waals surface area contributed by atoms with Gasteiger partial charge in [0, 0.05) is 5.02 Å². The van der Waals surface area contributed by atoms with Crippen molar-refractivity contribution in [1.82, 2.24) is 4.90 Å². The van der Waals surface area contributed by atoms with Crippen molar-refractivity contribution in [2.45, 2.75) is 20.4 Å². The first-order valence-corrected chi connectivity index (χ1v) is 10.1. The molecule has 0 fully saturated rings. The van der Waals surface area contributed by atoms with Gasteiger partial charge in [-0.05, 0) is 55.3 Å². The molecule has 2 amide bonds. The highest BCUT2D eigenvalue weighted by molar-refractivity contribution is 6.37. The van der Waals surface area contributed by atoms with Crippen LogP contribution >= 0.6 is 11.6 Å². The van der Waals surface area contributed by atoms with Crippen LogP contribution in [-0.4, -0.2) is 23.8 Å². The molecule has 0 aliphatic carbocycles. The number of benzene rings is 2. The Hall–Kier alpha value is -3.51. The van der Waals surface area contributed by atoms with E-state index in [1.807, 2.05) is 32.0 Å². The number of halogens is 1. The van der Waals surface area contributed by atoms with Gasteiger partial charge in [0.25, 0.3) is 11.8 Å². The summed E-state index contributed by atoms with van der Waals surface area (Å²) >= 11 is 6.16. The third-order valence-corrected chi connectivity index (χ3v) is 5.37. The summed E-state index contributed by atoms with van der Waals surface area (Å²) in [5, 5.41) is 3.58. The highest BCUT2D eigenvalue weighted by atomic mass is 35.5. The van der Waals surface area contributed by atoms with Crippen LogP contribution < -0.4 is 10.1 Å². The van der Waals surface area contributed by atoms with Crippen molar-refractivity contribution in [2.24, 2.45) is 0 Å². The number of nitrogens with one attached hydrogen (secondary N) is 1. The molecule has 0 radical (unpaired) electrons. The molecular weight excluding hydrogens is 416 g/mol. The molecular formula is C24H21ClN2O4. The fourth-order valence-corrected chi connectivity index (χ4v) is 3.82. The SMILES string of the molecule is COc1ccc(Cl)cc1NC1=C(c2ccc(C)cc2C)C(=O)N(Cc2ccco2)C1=O. The molecule has 0 atom stereocenters. The highest BCUT2D eigenvalue weighted by Crippen LogP contribution is 2.36. The number of amides is 2. The first-order valence-electron chi connectivity index (χ1n) is 9.70. The number of rotatable bonds is 6. The second-order valence-corrected chi connectivity index (χ2v) is 7.75. The summed E-state index contributed by atoms with van der Waals surface area (Å²) in [6, 6.07) is 14.2. The van der Waals surface area contributed by atoms with E-state index in [4.69, 9.17) is 20.8 Å². The van der Waals surface area contributed by atoms with Crippen molar-refractivity contribution in [3.8, 4) is 5.75 Å². The van der Waals surface area contributed by atoms with Crippen LogP contribution in [0.1, 0.15) is 22.5 Å². The normalized spacial score (nSPS) is 13.9. The highest BCUT2D eigenvalue weighted by Gasteiger charge is 2.40. The van der Waals surface area contributed by atoms with Gasteiger partial charge in [0.1, 0.15) is 17.2 Å². The van der Waals surface area contributed by atoms with Gasteiger partial charge in [-0.25, -0.2) is 0 Å². The average Bonchev–Trinajstić information content (AvgIpc) is 3.32. The number of ether oxygens (including phenoxy) is 1. The lowest BCUT2D eigenvalue weighted by molar-refractivity contribution is -0.137. The predicted octanol–water partition coefficient (Wildman–Crippen LogP) is 4.95. The third-order valence-electron chi connectivity index (χ3n) is 5.13. The van der Waals surface area contributed by atoms with E-state index in [1.54, 1.807) is 30.3 Å². The molecule has 0 unspecified atom stereocenters. The molecule has 0 saturated heterocycles. The van der Waals surface area contributed by atoms with Gasteiger partial charge in [-0.3, -0.25) is 14.5 Å². The lowest BCUT2D eigenvalue weighted by atomic mass is 9.97. The minimum absolute atomic E-state index is 0.0386. The number of anilines is 1. The largest absolute Gasteiger partial charge is 0.495 e. The summed E-state index contributed by atoms with van der Waals surface area (Å²) in [5.74, 6) is 0.181. The van der Waals surface area contributed by atoms with E-state index in [-0.39, 0.29) is 12.2 Å². The van der Waals surface area contributed by atoms with Crippen molar-refractivity contribution >= 4 is 34.7 Å². The number of imide groups is 1. The Bertz CT molecular complexity index is 1200. The van der Waals surface area contributed by atoms with E-state index in [1.165, 1.54) is 18.3 Å². The molecule has 3 aromatic rings. The Morgan fingerprint density at radius 1 is 1.06 bits per heavy atom. The predicted molar refractivity (Wildman–Crippen MR) is 119 cm³/mol. The number of carbonyl (C=O) groups is 2. The van der Waals surface area contributed by atoms with Crippen LogP contribution in [0.2, 0.25) is 5.02 Å². The molecule has 1 aliphatic heterocycles. The molecule has 2 aromatic carbocycles. The van der Waals surface area contributed by atoms with Crippen LogP contribution in [0.4, 0.5) is 5.69 Å². The summed E-state index contributed by atoms with van der Waals surface area (Å²) in [7, 11) is 1.53. The summed E-state index contributed by atoms with van der Waals surface area (Å²) in [4.78, 5) is 27.9. The summed E-state index contributed by atoms with van der Waals surface area (Å²) in [6.07, 6.45) is 1.51. The van der Waals surface area contributed by atoms with Crippen molar-refractivity contribution in [3.63, 3.8) is 0 Å². The fraction of sp³-hybridized carbons (Fsp3) is 0.167. The Morgan fingerprint density at radius 3 is 2.55 bits per heavy atom. The zero-order valence-electron chi connectivity index (χ0n) is 17.4. The van der Waals surface area contributed by atoms with E-state index in [2.05, 4.69) is 5.32 Å². The van der Waals surface area contributed by atoms with E-state index in [9.17, 15) is 9.59 Å². The van der Waals surface area contributed by atoms with Crippen LogP contribution in [0.3, 0.4) is 0 Å². The summed E-state index contributed by atoms with van der Waals surface area (Å²) < 4.78 is 10.8. The molecule has 158 valence electrons. The van der Waals surface area contributed by atoms with E-state index < -0.39 is 11.8 Å². The maximum absolute atomic E-state index is 13.4. The topological polar surface area (TPSA) is 71.8 Å². The Morgan fingerprint density at radius 2 is 1.87 bits per heavy atom. The Balaban J connectivity index is 1.83. The minimum atomic E-state index is -0.446. The van der Waals surface area contributed by atoms with Crippen LogP contribution in [0.5, 0.6) is 5.75 Å². The molecule has 1 aromatic heterocycles. The van der Waals surface area contributed by atoms with Gasteiger partial charge in [-0.1, -0.05) is 35.4 Å². The molecule has 31 heavy (non-hydrogen) atoms. The van der Waals surface area contributed by atoms with E-state index in [0.717, 1.165) is 11.1 Å². The average molecular weight is 437 g/mol. The molecule has 1 aliphatic rings. The van der Waals surface area contributed by atoms with Crippen LogP contribution in [0.15, 0.2) is 64.9 Å². The Labute approximate surface area is 185 Å². The Kier molecular flexibility index (Phi) is 5.57. The maximum atomic E-state index is 13.4. The zero-order chi connectivity index (χ0) is 22.1. The number of carbonyl (C=O) groups excluding carboxylic acids is 2. The van der Waals surface area contributed by atoms with Crippen LogP contribution in [-0.2, 0) is 16.1 Å². The number of nitrogens with zero attached hydrogens (tertiary/aromatic N) is 1. The quantitative estimate of drug-likeness (QED) is 0.553. The van der Waals surface area contributed by atoms with E-state index in [0.29, 0.717) is 33.4 Å². The molecule has 4 rings (SSSR count). The van der Waals surface area contributed by atoms with E-state index >= 15 is 0 Å². The first-order chi connectivity index (χ1) is 14.9. The van der Waals surface area contributed by atoms with Gasteiger partial charge in [0.05, 0.1) is 31.2 Å². The number of aryl methyl sites for hydroxylation is 2. The van der Waals surface area contributed by atoms with Gasteiger partial charge in [0.15, 0.2) is 0 Å². The maximum Gasteiger partial charge on any atom is 0.278 e. The number of hydrogen-bond donors (Lipinski definition) is 1. The summed E-state index contributed by atoms with van der Waals surface area (Å²) in [5.41, 5.74) is 3.62. The van der Waals surface area contributed by atoms with Crippen molar-refractivity contribution in [2.75, 3.05) is 12.4 Å². The second kappa shape index (κ2) is 8.32. The lowest BCUT2D eigenvalue weighted by Gasteiger charge is -2.14. The second-order valence-electron chi connectivity index (χ2n) is 7.31. The van der Waals surface area contributed by atoms with Crippen molar-refractivity contribution in [1.29, 1.82) is 0 Å². The number of hydrogen-bond acceptors (Lipinski definition) is 5. The van der Waals surface area contributed by atoms with Gasteiger partial charge in [0.2, 0.25) is 0 Å². The third kappa shape index (κ3) is 3.94. The molecule has 2 heterocycles. The molecule has 6 nitrogen and oxygen atoms in total. The van der Waals surface area contributed by atoms with Crippen LogP contribution in [0.25, 0.3) is 5.57 Å². The van der Waals surface area contributed by atoms with Crippen molar-refractivity contribution in [3.05, 3.63) is 88.0 Å². The number of methoxy groups -OCH3 is 1. The van der Waals surface area contributed by atoms with Gasteiger partial charge in [-0.15, -0.1) is 0 Å². The van der Waals surface area contributed by atoms with Crippen LogP contribution in [0, 0.1) is 13.8 Å². The molecule has 1 N–H and O–H groups in total. The molecule has 0 bridgehead atoms. The zero-order valence-corrected chi connectivity index (χ0v) is 18.1. The molecule has 7 heteroatoms. The lowest BCUT2D eigenvalue weighted by Crippen LogP contribution is -2.31. The smallest absolute Gasteiger partial charge is 0.278 e. The van der Waals surface area contributed by atoms with Gasteiger partial charge in [-0.2, -0.15) is 0 Å². The fourth-order valence-electron chi connectivity index (χ4n) is 3.65. The number of furan rings is 1. The molecule has 0 saturated carbocycles. The van der Waals surface area contributed by atoms with Gasteiger partial charge < -0.3 is 14.5 Å².